The Labute approximate surface area is 161 Å². The summed E-state index contributed by atoms with van der Waals surface area (Å²) in [7, 11) is 3.15. The SMILES string of the molecule is COc1ccc(-c2noc(CCC(=O)NC(C)c3cccs3)n2)cc1OC. The first-order chi connectivity index (χ1) is 13.1. The zero-order valence-corrected chi connectivity index (χ0v) is 16.2. The molecule has 0 radical (unpaired) electrons. The molecule has 8 heteroatoms. The highest BCUT2D eigenvalue weighted by atomic mass is 32.1. The number of aromatic nitrogens is 2. The second-order valence-corrected chi connectivity index (χ2v) is 6.87. The maximum absolute atomic E-state index is 12.1. The Morgan fingerprint density at radius 3 is 2.78 bits per heavy atom. The fourth-order valence-electron chi connectivity index (χ4n) is 2.59. The molecule has 1 aromatic carbocycles. The van der Waals surface area contributed by atoms with E-state index in [0.717, 1.165) is 10.4 Å². The van der Waals surface area contributed by atoms with Gasteiger partial charge in [0, 0.05) is 23.3 Å². The van der Waals surface area contributed by atoms with Gasteiger partial charge in [0.05, 0.1) is 20.3 Å². The van der Waals surface area contributed by atoms with Gasteiger partial charge in [-0.15, -0.1) is 11.3 Å². The molecule has 3 aromatic rings. The highest BCUT2D eigenvalue weighted by molar-refractivity contribution is 7.10. The lowest BCUT2D eigenvalue weighted by Crippen LogP contribution is -2.26. The number of nitrogens with zero attached hydrogens (tertiary/aromatic N) is 2. The molecular formula is C19H21N3O4S. The van der Waals surface area contributed by atoms with Crippen molar-refractivity contribution < 1.29 is 18.8 Å². The van der Waals surface area contributed by atoms with Gasteiger partial charge in [-0.2, -0.15) is 4.98 Å². The van der Waals surface area contributed by atoms with Gasteiger partial charge < -0.3 is 19.3 Å². The first-order valence-corrected chi connectivity index (χ1v) is 9.36. The summed E-state index contributed by atoms with van der Waals surface area (Å²) in [6, 6.07) is 9.35. The van der Waals surface area contributed by atoms with E-state index in [1.165, 1.54) is 0 Å². The third-order valence-corrected chi connectivity index (χ3v) is 5.08. The molecule has 1 N–H and O–H groups in total. The van der Waals surface area contributed by atoms with E-state index in [0.29, 0.717) is 29.6 Å². The van der Waals surface area contributed by atoms with E-state index < -0.39 is 0 Å². The lowest BCUT2D eigenvalue weighted by molar-refractivity contribution is -0.121. The van der Waals surface area contributed by atoms with Crippen LogP contribution in [0.3, 0.4) is 0 Å². The number of hydrogen-bond acceptors (Lipinski definition) is 7. The van der Waals surface area contributed by atoms with E-state index in [4.69, 9.17) is 14.0 Å². The first kappa shape index (κ1) is 18.9. The number of aryl methyl sites for hydroxylation is 1. The number of amides is 1. The van der Waals surface area contributed by atoms with Crippen molar-refractivity contribution in [3.05, 3.63) is 46.5 Å². The van der Waals surface area contributed by atoms with Crippen molar-refractivity contribution in [3.63, 3.8) is 0 Å². The van der Waals surface area contributed by atoms with Crippen LogP contribution < -0.4 is 14.8 Å². The quantitative estimate of drug-likeness (QED) is 0.635. The zero-order valence-electron chi connectivity index (χ0n) is 15.4. The van der Waals surface area contributed by atoms with Crippen LogP contribution in [-0.4, -0.2) is 30.3 Å². The lowest BCUT2D eigenvalue weighted by atomic mass is 10.2. The van der Waals surface area contributed by atoms with Crippen molar-refractivity contribution in [2.45, 2.75) is 25.8 Å². The molecule has 0 aliphatic carbocycles. The van der Waals surface area contributed by atoms with Gasteiger partial charge in [0.25, 0.3) is 0 Å². The molecule has 2 aromatic heterocycles. The largest absolute Gasteiger partial charge is 0.493 e. The third-order valence-electron chi connectivity index (χ3n) is 4.02. The van der Waals surface area contributed by atoms with Crippen LogP contribution >= 0.6 is 11.3 Å². The van der Waals surface area contributed by atoms with Crippen molar-refractivity contribution >= 4 is 17.2 Å². The molecule has 142 valence electrons. The summed E-state index contributed by atoms with van der Waals surface area (Å²) in [6.45, 7) is 1.96. The van der Waals surface area contributed by atoms with E-state index in [1.807, 2.05) is 30.5 Å². The van der Waals surface area contributed by atoms with Crippen LogP contribution in [0.2, 0.25) is 0 Å². The maximum Gasteiger partial charge on any atom is 0.227 e. The average molecular weight is 387 g/mol. The Kier molecular flexibility index (Phi) is 6.08. The van der Waals surface area contributed by atoms with E-state index in [2.05, 4.69) is 15.5 Å². The minimum absolute atomic E-state index is 0.0116. The number of nitrogens with one attached hydrogen (secondary N) is 1. The predicted molar refractivity (Wildman–Crippen MR) is 102 cm³/mol. The standard InChI is InChI=1S/C19H21N3O4S/c1-12(16-5-4-10-27-16)20-17(23)8-9-18-21-19(22-26-18)13-6-7-14(24-2)15(11-13)25-3/h4-7,10-12H,8-9H2,1-3H3,(H,20,23). The van der Waals surface area contributed by atoms with Crippen molar-refractivity contribution in [1.82, 2.24) is 15.5 Å². The van der Waals surface area contributed by atoms with Crippen LogP contribution in [0.1, 0.15) is 30.2 Å². The van der Waals surface area contributed by atoms with Crippen molar-refractivity contribution in [2.75, 3.05) is 14.2 Å². The average Bonchev–Trinajstić information content (AvgIpc) is 3.37. The van der Waals surface area contributed by atoms with Gasteiger partial charge >= 0.3 is 0 Å². The highest BCUT2D eigenvalue weighted by Crippen LogP contribution is 2.31. The molecular weight excluding hydrogens is 366 g/mol. The number of ether oxygens (including phenoxy) is 2. The fraction of sp³-hybridized carbons (Fsp3) is 0.316. The number of hydrogen-bond donors (Lipinski definition) is 1. The summed E-state index contributed by atoms with van der Waals surface area (Å²) < 4.78 is 15.8. The monoisotopic (exact) mass is 387 g/mol. The molecule has 0 aliphatic rings. The van der Waals surface area contributed by atoms with Crippen LogP contribution in [0.4, 0.5) is 0 Å². The van der Waals surface area contributed by atoms with Gasteiger partial charge in [0.2, 0.25) is 17.6 Å². The smallest absolute Gasteiger partial charge is 0.227 e. The van der Waals surface area contributed by atoms with E-state index >= 15 is 0 Å². The summed E-state index contributed by atoms with van der Waals surface area (Å²) in [5.74, 6) is 2.02. The molecule has 0 bridgehead atoms. The molecule has 7 nitrogen and oxygen atoms in total. The van der Waals surface area contributed by atoms with Crippen molar-refractivity contribution in [1.29, 1.82) is 0 Å². The Balaban J connectivity index is 1.59. The molecule has 0 fully saturated rings. The molecule has 2 heterocycles. The Bertz CT molecular complexity index is 892. The summed E-state index contributed by atoms with van der Waals surface area (Å²) in [4.78, 5) is 17.6. The van der Waals surface area contributed by atoms with Gasteiger partial charge in [-0.3, -0.25) is 4.79 Å². The van der Waals surface area contributed by atoms with Crippen molar-refractivity contribution in [3.8, 4) is 22.9 Å². The lowest BCUT2D eigenvalue weighted by Gasteiger charge is -2.11. The minimum atomic E-state index is -0.0539. The number of benzene rings is 1. The molecule has 1 amide bonds. The van der Waals surface area contributed by atoms with E-state index in [9.17, 15) is 4.79 Å². The molecule has 0 spiro atoms. The predicted octanol–water partition coefficient (Wildman–Crippen LogP) is 3.63. The Morgan fingerprint density at radius 1 is 1.26 bits per heavy atom. The fourth-order valence-corrected chi connectivity index (χ4v) is 3.33. The van der Waals surface area contributed by atoms with Crippen LogP contribution in [0.15, 0.2) is 40.2 Å². The van der Waals surface area contributed by atoms with Crippen molar-refractivity contribution in [2.24, 2.45) is 0 Å². The minimum Gasteiger partial charge on any atom is -0.493 e. The second-order valence-electron chi connectivity index (χ2n) is 5.89. The normalized spacial score (nSPS) is 11.8. The third kappa shape index (κ3) is 4.65. The van der Waals surface area contributed by atoms with Crippen LogP contribution in [0, 0.1) is 0 Å². The topological polar surface area (TPSA) is 86.5 Å². The first-order valence-electron chi connectivity index (χ1n) is 8.48. The summed E-state index contributed by atoms with van der Waals surface area (Å²) in [5.41, 5.74) is 0.749. The number of rotatable bonds is 8. The van der Waals surface area contributed by atoms with Gasteiger partial charge in [0.15, 0.2) is 11.5 Å². The Hall–Kier alpha value is -2.87. The highest BCUT2D eigenvalue weighted by Gasteiger charge is 2.15. The number of carbonyl (C=O) groups is 1. The van der Waals surface area contributed by atoms with Gasteiger partial charge in [-0.05, 0) is 36.6 Å². The maximum atomic E-state index is 12.1. The number of methoxy groups -OCH3 is 2. The molecule has 0 saturated heterocycles. The van der Waals surface area contributed by atoms with E-state index in [-0.39, 0.29) is 18.4 Å². The summed E-state index contributed by atoms with van der Waals surface area (Å²) in [5, 5.41) is 8.95. The molecule has 0 saturated carbocycles. The van der Waals surface area contributed by atoms with Gasteiger partial charge in [0.1, 0.15) is 0 Å². The van der Waals surface area contributed by atoms with Gasteiger partial charge in [-0.25, -0.2) is 0 Å². The molecule has 27 heavy (non-hydrogen) atoms. The zero-order chi connectivity index (χ0) is 19.2. The van der Waals surface area contributed by atoms with E-state index in [1.54, 1.807) is 37.7 Å². The van der Waals surface area contributed by atoms with Crippen LogP contribution in [0.25, 0.3) is 11.4 Å². The summed E-state index contributed by atoms with van der Waals surface area (Å²) >= 11 is 1.62. The molecule has 1 unspecified atom stereocenters. The second kappa shape index (κ2) is 8.68. The summed E-state index contributed by atoms with van der Waals surface area (Å²) in [6.07, 6.45) is 0.659. The van der Waals surface area contributed by atoms with Crippen LogP contribution in [0.5, 0.6) is 11.5 Å². The number of thiophene rings is 1. The van der Waals surface area contributed by atoms with Gasteiger partial charge in [-0.1, -0.05) is 11.2 Å². The molecule has 1 atom stereocenters. The number of carbonyl (C=O) groups excluding carboxylic acids is 1. The Morgan fingerprint density at radius 2 is 2.07 bits per heavy atom. The van der Waals surface area contributed by atoms with Crippen LogP contribution in [-0.2, 0) is 11.2 Å². The molecule has 3 rings (SSSR count). The molecule has 0 aliphatic heterocycles.